The predicted molar refractivity (Wildman–Crippen MR) is 388 cm³/mol. The van der Waals surface area contributed by atoms with Crippen molar-refractivity contribution in [1.82, 2.24) is 8.88 Å². The Bertz CT molecular complexity index is 5260. The molecule has 0 N–H and O–H groups in total. The van der Waals surface area contributed by atoms with E-state index in [4.69, 9.17) is 0 Å². The van der Waals surface area contributed by atoms with Gasteiger partial charge in [-0.2, -0.15) is 0 Å². The summed E-state index contributed by atoms with van der Waals surface area (Å²) in [5.74, 6) is 0. The highest BCUT2D eigenvalue weighted by Crippen LogP contribution is 2.55. The Labute approximate surface area is 534 Å². The summed E-state index contributed by atoms with van der Waals surface area (Å²) in [5.41, 5.74) is 37.3. The van der Waals surface area contributed by atoms with Crippen LogP contribution in [0.4, 0.5) is 0 Å². The molecule has 4 aliphatic carbocycles. The minimum absolute atomic E-state index is 0.0656. The van der Waals surface area contributed by atoms with Crippen molar-refractivity contribution in [1.29, 1.82) is 0 Å². The molecule has 5 heterocycles. The van der Waals surface area contributed by atoms with Crippen LogP contribution >= 0.6 is 0 Å². The van der Waals surface area contributed by atoms with Crippen LogP contribution in [0.5, 0.6) is 0 Å². The van der Waals surface area contributed by atoms with Gasteiger partial charge in [-0.05, 0) is 255 Å². The molecule has 0 unspecified atom stereocenters. The zero-order chi connectivity index (χ0) is 62.4. The van der Waals surface area contributed by atoms with E-state index >= 15 is 0 Å². The summed E-state index contributed by atoms with van der Waals surface area (Å²) in [5, 5.41) is 8.19. The van der Waals surface area contributed by atoms with Crippen LogP contribution in [-0.2, 0) is 43.3 Å². The molecule has 18 rings (SSSR count). The average Bonchev–Trinajstić information content (AvgIpc) is 1.47. The van der Waals surface area contributed by atoms with E-state index in [-0.39, 0.29) is 50.2 Å². The SMILES string of the molecule is Cc1cc2c3c4c1c1cc(-c5ccc6c(c5)C(C)(C)CCC6(C)C)cc5c6cc(-c7ccc8c(c7)C(C)(C)CCC8(C)C)cc(c6n4c51)B3n1c3ccc(-c4ccc5c(c4)C(C)(C)CCC5(C)C)cc3c3cc(-c4ccc5c(c4)C(C)(C)CCC5(C)C)cc-2c31. The van der Waals surface area contributed by atoms with E-state index in [0.717, 1.165) is 0 Å². The van der Waals surface area contributed by atoms with Gasteiger partial charge < -0.3 is 8.88 Å². The first-order valence-electron chi connectivity index (χ1n) is 34.5. The standard InChI is InChI=1S/C87H89BN2/c1-48-36-58-60-39-54(51-19-24-65-69(44-51)85(12,13)33-29-81(65,4)5)38-59-57-37-49(50-18-23-64-68(43-50)84(10,11)32-28-80(64,2)3)22-27-73(57)90(77(59)60)88-72-47-56(53-21-26-67-71(46-53)87(16,17)35-31-83(67,8)9)41-62-61-40-55(42-63-74(48)79(75(58)88)89(76(61)63)78(62)72)52-20-25-66-70(45-52)86(14,15)34-30-82(66,6)7/h18-27,36-47H,28-35H2,1-17H3. The van der Waals surface area contributed by atoms with Gasteiger partial charge in [0.15, 0.2) is 0 Å². The van der Waals surface area contributed by atoms with Crippen LogP contribution in [0.1, 0.15) is 212 Å². The second-order valence-electron chi connectivity index (χ2n) is 35.1. The summed E-state index contributed by atoms with van der Waals surface area (Å²) in [4.78, 5) is 0. The Balaban J connectivity index is 0.952. The number of aromatic nitrogens is 2. The monoisotopic (exact) mass is 1170 g/mol. The molecule has 0 saturated heterocycles. The first-order chi connectivity index (χ1) is 42.4. The molecule has 0 saturated carbocycles. The molecule has 450 valence electrons. The Morgan fingerprint density at radius 3 is 1.09 bits per heavy atom. The van der Waals surface area contributed by atoms with E-state index in [1.165, 1.54) is 228 Å². The van der Waals surface area contributed by atoms with Gasteiger partial charge in [-0.25, -0.2) is 0 Å². The summed E-state index contributed by atoms with van der Waals surface area (Å²) in [7, 11) is 0. The molecule has 3 aromatic heterocycles. The lowest BCUT2D eigenvalue weighted by Crippen LogP contribution is -2.54. The summed E-state index contributed by atoms with van der Waals surface area (Å²) in [6.07, 6.45) is 9.59. The zero-order valence-electron chi connectivity index (χ0n) is 56.8. The van der Waals surface area contributed by atoms with Crippen molar-refractivity contribution < 1.29 is 0 Å². The molecular formula is C87H89BN2. The second-order valence-corrected chi connectivity index (χ2v) is 35.1. The number of hydrogen-bond donors (Lipinski definition) is 0. The molecule has 0 radical (unpaired) electrons. The smallest absolute Gasteiger partial charge is 0.333 e. The van der Waals surface area contributed by atoms with Gasteiger partial charge in [-0.15, -0.1) is 0 Å². The van der Waals surface area contributed by atoms with Gasteiger partial charge in [-0.3, -0.25) is 0 Å². The lowest BCUT2D eigenvalue weighted by Gasteiger charge is -2.42. The second kappa shape index (κ2) is 17.2. The summed E-state index contributed by atoms with van der Waals surface area (Å²) in [6, 6.07) is 56.1. The molecule has 12 aromatic rings. The number of hydrogen-bond acceptors (Lipinski definition) is 0. The molecule has 3 heteroatoms. The number of rotatable bonds is 4. The quantitative estimate of drug-likeness (QED) is 0.155. The summed E-state index contributed by atoms with van der Waals surface area (Å²) in [6.45, 7) is 41.9. The lowest BCUT2D eigenvalue weighted by molar-refractivity contribution is 0.332. The van der Waals surface area contributed by atoms with Crippen molar-refractivity contribution in [2.75, 3.05) is 0 Å². The van der Waals surface area contributed by atoms with Gasteiger partial charge in [0, 0.05) is 48.9 Å². The van der Waals surface area contributed by atoms with Crippen LogP contribution in [0.2, 0.25) is 0 Å². The van der Waals surface area contributed by atoms with E-state index in [9.17, 15) is 0 Å². The topological polar surface area (TPSA) is 9.34 Å². The minimum Gasteiger partial charge on any atom is -0.375 e. The van der Waals surface area contributed by atoms with Gasteiger partial charge in [0.1, 0.15) is 0 Å². The third kappa shape index (κ3) is 7.25. The number of fused-ring (bicyclic) bond motifs is 12. The fourth-order valence-corrected chi connectivity index (χ4v) is 19.6. The highest BCUT2D eigenvalue weighted by Gasteiger charge is 2.46. The van der Waals surface area contributed by atoms with E-state index < -0.39 is 0 Å². The zero-order valence-corrected chi connectivity index (χ0v) is 56.8. The lowest BCUT2D eigenvalue weighted by atomic mass is 9.45. The van der Waals surface area contributed by atoms with Crippen LogP contribution in [-0.4, -0.2) is 15.7 Å². The molecule has 0 fully saturated rings. The van der Waals surface area contributed by atoms with Gasteiger partial charge in [0.05, 0.1) is 16.6 Å². The Hall–Kier alpha value is -7.36. The van der Waals surface area contributed by atoms with Gasteiger partial charge in [0.25, 0.3) is 0 Å². The fourth-order valence-electron chi connectivity index (χ4n) is 19.6. The van der Waals surface area contributed by atoms with E-state index in [1.54, 1.807) is 0 Å². The maximum Gasteiger partial charge on any atom is 0.333 e. The van der Waals surface area contributed by atoms with Crippen LogP contribution in [0.25, 0.3) is 116 Å². The molecule has 90 heavy (non-hydrogen) atoms. The number of benzene rings is 9. The molecule has 0 spiro atoms. The number of nitrogens with zero attached hydrogens (tertiary/aromatic N) is 2. The first kappa shape index (κ1) is 55.5. The molecular weight excluding hydrogens is 1080 g/mol. The van der Waals surface area contributed by atoms with Gasteiger partial charge in [0.2, 0.25) is 0 Å². The summed E-state index contributed by atoms with van der Waals surface area (Å²) >= 11 is 0. The highest BCUT2D eigenvalue weighted by molar-refractivity contribution is 6.91. The molecule has 0 atom stereocenters. The Kier molecular flexibility index (Phi) is 10.6. The van der Waals surface area contributed by atoms with E-state index in [1.807, 2.05) is 0 Å². The van der Waals surface area contributed by atoms with Gasteiger partial charge >= 0.3 is 6.85 Å². The summed E-state index contributed by atoms with van der Waals surface area (Å²) < 4.78 is 5.63. The van der Waals surface area contributed by atoms with Crippen molar-refractivity contribution in [3.8, 4) is 55.6 Å². The Morgan fingerprint density at radius 2 is 0.633 bits per heavy atom. The highest BCUT2D eigenvalue weighted by atomic mass is 15.0. The number of aryl methyl sites for hydroxylation is 1. The largest absolute Gasteiger partial charge is 0.375 e. The molecule has 2 nitrogen and oxygen atoms in total. The van der Waals surface area contributed by atoms with E-state index in [0.29, 0.717) is 0 Å². The third-order valence-corrected chi connectivity index (χ3v) is 25.8. The maximum atomic E-state index is 2.85. The van der Waals surface area contributed by atoms with Gasteiger partial charge in [-0.1, -0.05) is 202 Å². The Morgan fingerprint density at radius 1 is 0.289 bits per heavy atom. The first-order valence-corrected chi connectivity index (χ1v) is 34.5. The van der Waals surface area contributed by atoms with Crippen molar-refractivity contribution >= 4 is 77.7 Å². The third-order valence-electron chi connectivity index (χ3n) is 25.8. The van der Waals surface area contributed by atoms with Crippen molar-refractivity contribution in [2.45, 2.75) is 212 Å². The van der Waals surface area contributed by atoms with Crippen molar-refractivity contribution in [2.24, 2.45) is 0 Å². The van der Waals surface area contributed by atoms with Crippen molar-refractivity contribution in [3.05, 3.63) is 184 Å². The maximum absolute atomic E-state index is 2.85. The van der Waals surface area contributed by atoms with Crippen LogP contribution in [0.3, 0.4) is 0 Å². The predicted octanol–water partition coefficient (Wildman–Crippen LogP) is 22.3. The normalized spacial score (nSPS) is 20.4. The molecule has 6 aliphatic rings. The van der Waals surface area contributed by atoms with Crippen molar-refractivity contribution in [3.63, 3.8) is 0 Å². The average molecular weight is 1170 g/mol. The molecule has 0 amide bonds. The van der Waals surface area contributed by atoms with E-state index in [2.05, 4.69) is 260 Å². The van der Waals surface area contributed by atoms with Crippen LogP contribution < -0.4 is 10.9 Å². The molecule has 0 bridgehead atoms. The van der Waals surface area contributed by atoms with Crippen LogP contribution in [0.15, 0.2) is 133 Å². The van der Waals surface area contributed by atoms with Crippen LogP contribution in [0, 0.1) is 6.92 Å². The minimum atomic E-state index is -0.0656. The fraction of sp³-hybridized carbons (Fsp3) is 0.379. The molecule has 2 aliphatic heterocycles. The molecule has 9 aromatic carbocycles.